The minimum absolute atomic E-state index is 0.00559. The number of esters is 1. The summed E-state index contributed by atoms with van der Waals surface area (Å²) in [6.45, 7) is 2.07. The van der Waals surface area contributed by atoms with E-state index in [9.17, 15) is 15.0 Å². The van der Waals surface area contributed by atoms with Crippen molar-refractivity contribution in [1.29, 1.82) is 0 Å². The van der Waals surface area contributed by atoms with Gasteiger partial charge in [0.15, 0.2) is 0 Å². The Hall–Kier alpha value is -2.49. The fourth-order valence-electron chi connectivity index (χ4n) is 2.09. The molecule has 110 valence electrons. The van der Waals surface area contributed by atoms with E-state index in [2.05, 4.69) is 0 Å². The van der Waals surface area contributed by atoms with E-state index in [4.69, 9.17) is 4.74 Å². The van der Waals surface area contributed by atoms with Crippen LogP contribution in [0, 0.1) is 0 Å². The maximum atomic E-state index is 12.0. The molecular weight excluding hydrogens is 268 g/mol. The minimum Gasteiger partial charge on any atom is -0.508 e. The first-order valence-electron chi connectivity index (χ1n) is 6.88. The summed E-state index contributed by atoms with van der Waals surface area (Å²) in [5.74, 6) is -0.808. The molecule has 2 N–H and O–H groups in total. The zero-order chi connectivity index (χ0) is 15.2. The van der Waals surface area contributed by atoms with Gasteiger partial charge in [0.25, 0.3) is 0 Å². The fourth-order valence-corrected chi connectivity index (χ4v) is 2.09. The van der Waals surface area contributed by atoms with E-state index in [-0.39, 0.29) is 23.7 Å². The van der Waals surface area contributed by atoms with Gasteiger partial charge in [-0.2, -0.15) is 0 Å². The molecule has 0 saturated carbocycles. The maximum Gasteiger partial charge on any atom is 0.342 e. The minimum atomic E-state index is -0.603. The summed E-state index contributed by atoms with van der Waals surface area (Å²) >= 11 is 0. The predicted molar refractivity (Wildman–Crippen MR) is 79.3 cm³/mol. The van der Waals surface area contributed by atoms with Gasteiger partial charge in [-0.05, 0) is 24.1 Å². The Morgan fingerprint density at radius 1 is 1.10 bits per heavy atom. The van der Waals surface area contributed by atoms with E-state index in [0.29, 0.717) is 12.0 Å². The van der Waals surface area contributed by atoms with Gasteiger partial charge in [-0.15, -0.1) is 0 Å². The Balaban J connectivity index is 2.14. The molecule has 0 atom stereocenters. The van der Waals surface area contributed by atoms with Gasteiger partial charge < -0.3 is 14.9 Å². The Bertz CT molecular complexity index is 620. The molecule has 0 saturated heterocycles. The van der Waals surface area contributed by atoms with Crippen LogP contribution < -0.4 is 0 Å². The number of carbonyl (C=O) groups is 1. The number of phenolic OH excluding ortho intramolecular Hbond substituents is 2. The molecule has 2 rings (SSSR count). The van der Waals surface area contributed by atoms with Crippen molar-refractivity contribution in [3.63, 3.8) is 0 Å². The molecule has 0 amide bonds. The van der Waals surface area contributed by atoms with Gasteiger partial charge in [0.05, 0.1) is 0 Å². The monoisotopic (exact) mass is 286 g/mol. The highest BCUT2D eigenvalue weighted by molar-refractivity contribution is 5.93. The van der Waals surface area contributed by atoms with Crippen molar-refractivity contribution in [2.45, 2.75) is 26.4 Å². The number of rotatable bonds is 5. The average Bonchev–Trinajstić information content (AvgIpc) is 2.50. The van der Waals surface area contributed by atoms with E-state index >= 15 is 0 Å². The van der Waals surface area contributed by atoms with E-state index in [1.807, 2.05) is 37.3 Å². The summed E-state index contributed by atoms with van der Waals surface area (Å²) in [5, 5.41) is 19.8. The van der Waals surface area contributed by atoms with Crippen LogP contribution >= 0.6 is 0 Å². The molecule has 0 bridgehead atoms. The highest BCUT2D eigenvalue weighted by Gasteiger charge is 2.18. The maximum absolute atomic E-state index is 12.0. The SMILES string of the molecule is CCCc1c(O)ccc(C(=O)OCc2ccccc2)c1O. The Labute approximate surface area is 123 Å². The van der Waals surface area contributed by atoms with Crippen molar-refractivity contribution in [2.24, 2.45) is 0 Å². The van der Waals surface area contributed by atoms with Crippen molar-refractivity contribution in [3.8, 4) is 11.5 Å². The van der Waals surface area contributed by atoms with Crippen molar-refractivity contribution >= 4 is 5.97 Å². The first kappa shape index (κ1) is 14.9. The first-order chi connectivity index (χ1) is 10.1. The van der Waals surface area contributed by atoms with Crippen LogP contribution in [0.25, 0.3) is 0 Å². The van der Waals surface area contributed by atoms with E-state index in [0.717, 1.165) is 12.0 Å². The van der Waals surface area contributed by atoms with Gasteiger partial charge in [0.2, 0.25) is 0 Å². The smallest absolute Gasteiger partial charge is 0.342 e. The van der Waals surface area contributed by atoms with Crippen LogP contribution in [0.4, 0.5) is 0 Å². The summed E-state index contributed by atoms with van der Waals surface area (Å²) in [7, 11) is 0. The second kappa shape index (κ2) is 6.79. The van der Waals surface area contributed by atoms with E-state index in [1.165, 1.54) is 12.1 Å². The molecule has 0 aliphatic heterocycles. The summed E-state index contributed by atoms with van der Waals surface area (Å²) in [5.41, 5.74) is 1.33. The van der Waals surface area contributed by atoms with Gasteiger partial charge in [0, 0.05) is 5.56 Å². The largest absolute Gasteiger partial charge is 0.508 e. The summed E-state index contributed by atoms with van der Waals surface area (Å²) < 4.78 is 5.19. The lowest BCUT2D eigenvalue weighted by Gasteiger charge is -2.11. The predicted octanol–water partition coefficient (Wildman–Crippen LogP) is 3.41. The second-order valence-corrected chi connectivity index (χ2v) is 4.77. The number of hydrogen-bond donors (Lipinski definition) is 2. The van der Waals surface area contributed by atoms with Crippen LogP contribution in [0.1, 0.15) is 34.8 Å². The number of ether oxygens (including phenoxy) is 1. The molecule has 0 aliphatic rings. The van der Waals surface area contributed by atoms with Crippen LogP contribution in [-0.4, -0.2) is 16.2 Å². The number of benzene rings is 2. The lowest BCUT2D eigenvalue weighted by Crippen LogP contribution is -2.06. The van der Waals surface area contributed by atoms with Crippen LogP contribution in [0.3, 0.4) is 0 Å². The Kier molecular flexibility index (Phi) is 4.82. The zero-order valence-electron chi connectivity index (χ0n) is 11.9. The van der Waals surface area contributed by atoms with Crippen molar-refractivity contribution < 1.29 is 19.7 Å². The topological polar surface area (TPSA) is 66.8 Å². The van der Waals surface area contributed by atoms with Crippen LogP contribution in [0.5, 0.6) is 11.5 Å². The average molecular weight is 286 g/mol. The molecule has 0 spiro atoms. The molecule has 4 heteroatoms. The molecule has 0 aliphatic carbocycles. The lowest BCUT2D eigenvalue weighted by molar-refractivity contribution is 0.0469. The summed E-state index contributed by atoms with van der Waals surface area (Å²) in [6, 6.07) is 12.1. The van der Waals surface area contributed by atoms with Crippen LogP contribution in [0.15, 0.2) is 42.5 Å². The molecule has 2 aromatic carbocycles. The number of phenols is 2. The molecule has 21 heavy (non-hydrogen) atoms. The van der Waals surface area contributed by atoms with Gasteiger partial charge in [-0.3, -0.25) is 0 Å². The first-order valence-corrected chi connectivity index (χ1v) is 6.88. The van der Waals surface area contributed by atoms with Crippen molar-refractivity contribution in [2.75, 3.05) is 0 Å². The molecular formula is C17H18O4. The number of carbonyl (C=O) groups excluding carboxylic acids is 1. The molecule has 2 aromatic rings. The van der Waals surface area contributed by atoms with Gasteiger partial charge in [-0.25, -0.2) is 4.79 Å². The van der Waals surface area contributed by atoms with Gasteiger partial charge in [-0.1, -0.05) is 43.7 Å². The zero-order valence-corrected chi connectivity index (χ0v) is 11.9. The third-order valence-corrected chi connectivity index (χ3v) is 3.19. The van der Waals surface area contributed by atoms with E-state index < -0.39 is 5.97 Å². The molecule has 0 aromatic heterocycles. The van der Waals surface area contributed by atoms with Crippen molar-refractivity contribution in [1.82, 2.24) is 0 Å². The van der Waals surface area contributed by atoms with Gasteiger partial charge >= 0.3 is 5.97 Å². The lowest BCUT2D eigenvalue weighted by atomic mass is 10.0. The highest BCUT2D eigenvalue weighted by atomic mass is 16.5. The number of aromatic hydroxyl groups is 2. The molecule has 0 radical (unpaired) electrons. The molecule has 0 unspecified atom stereocenters. The van der Waals surface area contributed by atoms with Crippen molar-refractivity contribution in [3.05, 3.63) is 59.2 Å². The van der Waals surface area contributed by atoms with Crippen LogP contribution in [-0.2, 0) is 17.8 Å². The second-order valence-electron chi connectivity index (χ2n) is 4.77. The normalized spacial score (nSPS) is 10.3. The number of hydrogen-bond acceptors (Lipinski definition) is 4. The van der Waals surface area contributed by atoms with E-state index in [1.54, 1.807) is 0 Å². The fraction of sp³-hybridized carbons (Fsp3) is 0.235. The Morgan fingerprint density at radius 3 is 2.48 bits per heavy atom. The Morgan fingerprint density at radius 2 is 1.81 bits per heavy atom. The standard InChI is InChI=1S/C17H18O4/c1-2-6-13-15(18)10-9-14(16(13)19)17(20)21-11-12-7-4-3-5-8-12/h3-5,7-10,18-19H,2,6,11H2,1H3. The molecule has 4 nitrogen and oxygen atoms in total. The van der Waals surface area contributed by atoms with Crippen LogP contribution in [0.2, 0.25) is 0 Å². The highest BCUT2D eigenvalue weighted by Crippen LogP contribution is 2.32. The van der Waals surface area contributed by atoms with Gasteiger partial charge in [0.1, 0.15) is 23.7 Å². The third kappa shape index (κ3) is 3.54. The summed E-state index contributed by atoms with van der Waals surface area (Å²) in [6.07, 6.45) is 1.25. The quantitative estimate of drug-likeness (QED) is 0.827. The molecule has 0 fully saturated rings. The molecule has 0 heterocycles. The summed E-state index contributed by atoms with van der Waals surface area (Å²) in [4.78, 5) is 12.0. The third-order valence-electron chi connectivity index (χ3n) is 3.19.